The van der Waals surface area contributed by atoms with Gasteiger partial charge in [0, 0.05) is 29.1 Å². The third-order valence-corrected chi connectivity index (χ3v) is 6.70. The van der Waals surface area contributed by atoms with E-state index in [1.54, 1.807) is 0 Å². The number of aryl methyl sites for hydroxylation is 1. The molecule has 184 valence electrons. The number of hydrogen-bond donors (Lipinski definition) is 3. The molecule has 36 heavy (non-hydrogen) atoms. The standard InChI is InChI=1S/C29H30N4O3/c30-27-16-26(27)21-10-13-23(14-11-21)32-33(29(35)36-19-20-6-2-1-3-7-20)24(18-34)15-12-22-17-31-28-9-5-4-8-25(22)28/h1-11,13-14,17-18,24,26-27,31-32H,12,15-16,19,30H2/t24?,26-,27+/m0/s1. The van der Waals surface area contributed by atoms with Gasteiger partial charge in [-0.1, -0.05) is 60.7 Å². The SMILES string of the molecule is N[C@@H]1C[C@H]1c1ccc(NN(C(=O)OCc2ccccc2)C(C=O)CCc2c[nH]c3ccccc23)cc1. The molecule has 1 unspecified atom stereocenters. The first-order chi connectivity index (χ1) is 17.6. The lowest BCUT2D eigenvalue weighted by Gasteiger charge is -2.29. The van der Waals surface area contributed by atoms with Crippen molar-refractivity contribution in [2.45, 2.75) is 43.9 Å². The second kappa shape index (κ2) is 10.7. The van der Waals surface area contributed by atoms with Crippen molar-refractivity contribution < 1.29 is 14.3 Å². The largest absolute Gasteiger partial charge is 0.443 e. The normalized spacial score (nSPS) is 17.4. The number of hydrogen-bond acceptors (Lipinski definition) is 5. The molecule has 1 aliphatic carbocycles. The number of aromatic nitrogens is 1. The number of fused-ring (bicyclic) bond motifs is 1. The maximum absolute atomic E-state index is 13.2. The van der Waals surface area contributed by atoms with Crippen LogP contribution in [0.15, 0.2) is 85.1 Å². The summed E-state index contributed by atoms with van der Waals surface area (Å²) in [5.41, 5.74) is 14.0. The Labute approximate surface area is 210 Å². The number of para-hydroxylation sites is 1. The van der Waals surface area contributed by atoms with E-state index >= 15 is 0 Å². The van der Waals surface area contributed by atoms with Crippen molar-refractivity contribution in [3.8, 4) is 0 Å². The molecule has 5 rings (SSSR count). The van der Waals surface area contributed by atoms with Gasteiger partial charge in [-0.05, 0) is 54.2 Å². The maximum atomic E-state index is 13.2. The number of carbonyl (C=O) groups is 2. The molecule has 3 atom stereocenters. The molecule has 4 aromatic rings. The first kappa shape index (κ1) is 23.6. The van der Waals surface area contributed by atoms with Gasteiger partial charge in [0.25, 0.3) is 0 Å². The average Bonchev–Trinajstić information content (AvgIpc) is 3.51. The molecule has 4 N–H and O–H groups in total. The smallest absolute Gasteiger partial charge is 0.429 e. The molecule has 7 nitrogen and oxygen atoms in total. The van der Waals surface area contributed by atoms with E-state index in [1.807, 2.05) is 79.0 Å². The topological polar surface area (TPSA) is 100 Å². The Hall–Kier alpha value is -4.10. The third-order valence-electron chi connectivity index (χ3n) is 6.70. The number of carbonyl (C=O) groups excluding carboxylic acids is 2. The number of nitrogens with zero attached hydrogens (tertiary/aromatic N) is 1. The molecule has 1 heterocycles. The number of anilines is 1. The fourth-order valence-electron chi connectivity index (χ4n) is 4.49. The first-order valence-corrected chi connectivity index (χ1v) is 12.2. The predicted molar refractivity (Wildman–Crippen MR) is 140 cm³/mol. The molecule has 1 fully saturated rings. The monoisotopic (exact) mass is 482 g/mol. The van der Waals surface area contributed by atoms with Gasteiger partial charge in [-0.3, -0.25) is 5.43 Å². The fraction of sp³-hybridized carbons (Fsp3) is 0.241. The van der Waals surface area contributed by atoms with Crippen LogP contribution in [0.5, 0.6) is 0 Å². The van der Waals surface area contributed by atoms with Crippen LogP contribution >= 0.6 is 0 Å². The first-order valence-electron chi connectivity index (χ1n) is 12.2. The summed E-state index contributed by atoms with van der Waals surface area (Å²) in [4.78, 5) is 28.7. The lowest BCUT2D eigenvalue weighted by molar-refractivity contribution is -0.111. The highest BCUT2D eigenvalue weighted by Gasteiger charge is 2.34. The summed E-state index contributed by atoms with van der Waals surface area (Å²) in [5.74, 6) is 0.393. The Morgan fingerprint density at radius 2 is 1.81 bits per heavy atom. The van der Waals surface area contributed by atoms with Gasteiger partial charge < -0.3 is 20.2 Å². The van der Waals surface area contributed by atoms with Crippen molar-refractivity contribution >= 4 is 29.0 Å². The van der Waals surface area contributed by atoms with Crippen molar-refractivity contribution in [1.82, 2.24) is 9.99 Å². The van der Waals surface area contributed by atoms with Crippen LogP contribution < -0.4 is 11.2 Å². The molecular formula is C29H30N4O3. The third kappa shape index (κ3) is 5.42. The van der Waals surface area contributed by atoms with Crippen molar-refractivity contribution in [1.29, 1.82) is 0 Å². The second-order valence-corrected chi connectivity index (χ2v) is 9.25. The van der Waals surface area contributed by atoms with Gasteiger partial charge in [-0.15, -0.1) is 0 Å². The predicted octanol–water partition coefficient (Wildman–Crippen LogP) is 5.15. The van der Waals surface area contributed by atoms with Crippen molar-refractivity contribution in [2.75, 3.05) is 5.43 Å². The maximum Gasteiger partial charge on any atom is 0.429 e. The fourth-order valence-corrected chi connectivity index (χ4v) is 4.49. The van der Waals surface area contributed by atoms with Crippen LogP contribution in [0.1, 0.15) is 35.4 Å². The molecule has 1 amide bonds. The van der Waals surface area contributed by atoms with Gasteiger partial charge in [-0.2, -0.15) is 0 Å². The lowest BCUT2D eigenvalue weighted by atomic mass is 10.0. The van der Waals surface area contributed by atoms with Crippen LogP contribution in [0.25, 0.3) is 10.9 Å². The molecule has 0 radical (unpaired) electrons. The van der Waals surface area contributed by atoms with Crippen LogP contribution in [-0.2, 0) is 22.6 Å². The summed E-state index contributed by atoms with van der Waals surface area (Å²) in [6.07, 6.45) is 4.20. The number of aromatic amines is 1. The number of nitrogens with one attached hydrogen (secondary N) is 2. The van der Waals surface area contributed by atoms with Crippen molar-refractivity contribution in [2.24, 2.45) is 5.73 Å². The minimum atomic E-state index is -0.724. The highest BCUT2D eigenvalue weighted by molar-refractivity contribution is 5.83. The summed E-state index contributed by atoms with van der Waals surface area (Å²) in [5, 5.41) is 2.41. The summed E-state index contributed by atoms with van der Waals surface area (Å²) < 4.78 is 5.58. The average molecular weight is 483 g/mol. The van der Waals surface area contributed by atoms with Crippen LogP contribution in [0.2, 0.25) is 0 Å². The Morgan fingerprint density at radius 1 is 1.08 bits per heavy atom. The van der Waals surface area contributed by atoms with Crippen LogP contribution in [-0.4, -0.2) is 34.5 Å². The zero-order chi connectivity index (χ0) is 24.9. The van der Waals surface area contributed by atoms with E-state index in [1.165, 1.54) is 10.6 Å². The molecule has 0 aliphatic heterocycles. The molecule has 1 aliphatic rings. The number of H-pyrrole nitrogens is 1. The van der Waals surface area contributed by atoms with E-state index < -0.39 is 12.1 Å². The van der Waals surface area contributed by atoms with Crippen LogP contribution in [0.3, 0.4) is 0 Å². The van der Waals surface area contributed by atoms with Crippen LogP contribution in [0, 0.1) is 0 Å². The lowest BCUT2D eigenvalue weighted by Crippen LogP contribution is -2.45. The molecule has 0 spiro atoms. The van der Waals surface area contributed by atoms with E-state index in [4.69, 9.17) is 10.5 Å². The number of benzene rings is 3. The molecule has 7 heteroatoms. The molecule has 3 aromatic carbocycles. The Balaban J connectivity index is 1.32. The molecule has 0 saturated heterocycles. The van der Waals surface area contributed by atoms with Gasteiger partial charge >= 0.3 is 6.09 Å². The number of hydrazine groups is 1. The summed E-state index contributed by atoms with van der Waals surface area (Å²) in [6, 6.07) is 24.8. The molecule has 1 saturated carbocycles. The summed E-state index contributed by atoms with van der Waals surface area (Å²) >= 11 is 0. The molecule has 1 aromatic heterocycles. The van der Waals surface area contributed by atoms with E-state index in [-0.39, 0.29) is 12.6 Å². The highest BCUT2D eigenvalue weighted by atomic mass is 16.6. The Morgan fingerprint density at radius 3 is 2.53 bits per heavy atom. The second-order valence-electron chi connectivity index (χ2n) is 9.25. The van der Waals surface area contributed by atoms with Crippen molar-refractivity contribution in [3.05, 3.63) is 102 Å². The Bertz CT molecular complexity index is 1320. The highest BCUT2D eigenvalue weighted by Crippen LogP contribution is 2.39. The van der Waals surface area contributed by atoms with E-state index in [9.17, 15) is 9.59 Å². The number of aldehydes is 1. The zero-order valence-electron chi connectivity index (χ0n) is 20.0. The van der Waals surface area contributed by atoms with Gasteiger partial charge in [0.05, 0.1) is 5.69 Å². The van der Waals surface area contributed by atoms with Gasteiger partial charge in [0.1, 0.15) is 18.9 Å². The van der Waals surface area contributed by atoms with Gasteiger partial charge in [0.15, 0.2) is 0 Å². The number of ether oxygens (including phenoxy) is 1. The van der Waals surface area contributed by atoms with E-state index in [0.29, 0.717) is 24.4 Å². The number of rotatable bonds is 10. The minimum Gasteiger partial charge on any atom is -0.443 e. The molecular weight excluding hydrogens is 452 g/mol. The Kier molecular flexibility index (Phi) is 7.00. The van der Waals surface area contributed by atoms with Gasteiger partial charge in [-0.25, -0.2) is 9.80 Å². The molecule has 0 bridgehead atoms. The van der Waals surface area contributed by atoms with Crippen LogP contribution in [0.4, 0.5) is 10.5 Å². The number of amides is 1. The van der Waals surface area contributed by atoms with Crippen molar-refractivity contribution in [3.63, 3.8) is 0 Å². The quantitative estimate of drug-likeness (QED) is 0.214. The van der Waals surface area contributed by atoms with E-state index in [2.05, 4.69) is 16.5 Å². The summed E-state index contributed by atoms with van der Waals surface area (Å²) in [6.45, 7) is 0.115. The van der Waals surface area contributed by atoms with Gasteiger partial charge in [0.2, 0.25) is 0 Å². The zero-order valence-corrected chi connectivity index (χ0v) is 20.0. The summed E-state index contributed by atoms with van der Waals surface area (Å²) in [7, 11) is 0. The minimum absolute atomic E-state index is 0.115. The number of nitrogens with two attached hydrogens (primary N) is 1. The van der Waals surface area contributed by atoms with E-state index in [0.717, 1.165) is 34.7 Å².